The summed E-state index contributed by atoms with van der Waals surface area (Å²) in [7, 11) is 0. The Labute approximate surface area is 315 Å². The van der Waals surface area contributed by atoms with Crippen LogP contribution in [-0.4, -0.2) is 0 Å². The monoisotopic (exact) mass is 691 g/mol. The summed E-state index contributed by atoms with van der Waals surface area (Å²) in [5, 5.41) is 2.21. The van der Waals surface area contributed by atoms with Crippen molar-refractivity contribution in [3.05, 3.63) is 221 Å². The summed E-state index contributed by atoms with van der Waals surface area (Å²) in [5.74, 6) is 0. The second kappa shape index (κ2) is 11.4. The van der Waals surface area contributed by atoms with Crippen molar-refractivity contribution in [2.75, 3.05) is 4.90 Å². The molecular weight excluding hydrogens is 655 g/mol. The first-order valence-electron chi connectivity index (χ1n) is 18.9. The van der Waals surface area contributed by atoms with E-state index in [9.17, 15) is 0 Å². The van der Waals surface area contributed by atoms with Crippen molar-refractivity contribution in [1.29, 1.82) is 0 Å². The third kappa shape index (κ3) is 4.06. The topological polar surface area (TPSA) is 16.4 Å². The van der Waals surface area contributed by atoms with Gasteiger partial charge < -0.3 is 9.32 Å². The predicted octanol–water partition coefficient (Wildman–Crippen LogP) is 13.7. The van der Waals surface area contributed by atoms with Crippen molar-refractivity contribution >= 4 is 39.0 Å². The molecule has 8 aromatic carbocycles. The number of benzene rings is 8. The molecule has 2 aliphatic carbocycles. The quantitative estimate of drug-likeness (QED) is 0.179. The summed E-state index contributed by atoms with van der Waals surface area (Å²) in [5.41, 5.74) is 16.9. The minimum Gasteiger partial charge on any atom is -0.454 e. The Morgan fingerprint density at radius 3 is 1.72 bits per heavy atom. The van der Waals surface area contributed by atoms with E-state index < -0.39 is 5.41 Å². The number of rotatable bonds is 5. The SMILES string of the molecule is CC1(C)c2ccccc2-c2c(N(c3ccccc3)c3c(C4(c5ccccc5)c5ccccc5-c5ccccc54)ccc4c3oc3ccccc34)cccc21. The summed E-state index contributed by atoms with van der Waals surface area (Å²) in [6.45, 7) is 4.72. The van der Waals surface area contributed by atoms with E-state index in [4.69, 9.17) is 4.42 Å². The number of para-hydroxylation sites is 2. The summed E-state index contributed by atoms with van der Waals surface area (Å²) in [4.78, 5) is 2.51. The fourth-order valence-electron chi connectivity index (χ4n) is 9.87. The van der Waals surface area contributed by atoms with E-state index in [2.05, 4.69) is 207 Å². The molecule has 1 aromatic heterocycles. The van der Waals surface area contributed by atoms with Crippen molar-refractivity contribution in [2.45, 2.75) is 24.7 Å². The van der Waals surface area contributed by atoms with Gasteiger partial charge in [-0.2, -0.15) is 0 Å². The lowest BCUT2D eigenvalue weighted by atomic mass is 9.67. The molecule has 2 heteroatoms. The van der Waals surface area contributed by atoms with E-state index in [1.54, 1.807) is 0 Å². The molecule has 256 valence electrons. The molecule has 0 aliphatic heterocycles. The lowest BCUT2D eigenvalue weighted by molar-refractivity contribution is 0.660. The van der Waals surface area contributed by atoms with Gasteiger partial charge in [-0.05, 0) is 80.4 Å². The van der Waals surface area contributed by atoms with Crippen LogP contribution in [0.3, 0.4) is 0 Å². The van der Waals surface area contributed by atoms with E-state index in [-0.39, 0.29) is 5.41 Å². The fourth-order valence-corrected chi connectivity index (χ4v) is 9.87. The van der Waals surface area contributed by atoms with Crippen molar-refractivity contribution in [3.8, 4) is 22.3 Å². The fraction of sp³-hybridized carbons (Fsp3) is 0.0769. The Kier molecular flexibility index (Phi) is 6.55. The van der Waals surface area contributed by atoms with E-state index in [1.165, 1.54) is 55.6 Å². The molecule has 1 heterocycles. The molecule has 0 fully saturated rings. The van der Waals surface area contributed by atoms with Crippen LogP contribution in [0.1, 0.15) is 47.2 Å². The molecule has 54 heavy (non-hydrogen) atoms. The summed E-state index contributed by atoms with van der Waals surface area (Å²) >= 11 is 0. The number of nitrogens with zero attached hydrogens (tertiary/aromatic N) is 1. The number of anilines is 3. The van der Waals surface area contributed by atoms with Crippen LogP contribution in [0.25, 0.3) is 44.2 Å². The average Bonchev–Trinajstić information content (AvgIpc) is 3.84. The van der Waals surface area contributed by atoms with Gasteiger partial charge in [0.2, 0.25) is 0 Å². The Balaban J connectivity index is 1.35. The van der Waals surface area contributed by atoms with E-state index in [0.29, 0.717) is 0 Å². The lowest BCUT2D eigenvalue weighted by Gasteiger charge is -2.38. The first-order valence-corrected chi connectivity index (χ1v) is 18.9. The smallest absolute Gasteiger partial charge is 0.159 e. The van der Waals surface area contributed by atoms with Gasteiger partial charge in [0.1, 0.15) is 5.58 Å². The zero-order valence-corrected chi connectivity index (χ0v) is 30.3. The molecule has 0 N–H and O–H groups in total. The Bertz CT molecular complexity index is 2870. The normalized spacial score (nSPS) is 14.4. The van der Waals surface area contributed by atoms with Crippen molar-refractivity contribution in [2.24, 2.45) is 0 Å². The third-order valence-corrected chi connectivity index (χ3v) is 12.1. The van der Waals surface area contributed by atoms with Gasteiger partial charge in [0.25, 0.3) is 0 Å². The maximum absolute atomic E-state index is 7.15. The second-order valence-corrected chi connectivity index (χ2v) is 15.2. The Morgan fingerprint density at radius 2 is 1.00 bits per heavy atom. The summed E-state index contributed by atoms with van der Waals surface area (Å²) in [6.07, 6.45) is 0. The maximum Gasteiger partial charge on any atom is 0.159 e. The van der Waals surface area contributed by atoms with Crippen LogP contribution in [0, 0.1) is 0 Å². The predicted molar refractivity (Wildman–Crippen MR) is 223 cm³/mol. The minimum atomic E-state index is -0.654. The molecule has 2 nitrogen and oxygen atoms in total. The molecular formula is C52H37NO. The largest absolute Gasteiger partial charge is 0.454 e. The first-order chi connectivity index (χ1) is 26.6. The van der Waals surface area contributed by atoms with Crippen LogP contribution in [0.5, 0.6) is 0 Å². The first kappa shape index (κ1) is 30.9. The van der Waals surface area contributed by atoms with Gasteiger partial charge in [0.15, 0.2) is 5.58 Å². The summed E-state index contributed by atoms with van der Waals surface area (Å²) < 4.78 is 7.15. The standard InChI is InChI=1S/C52H37NO/c1-51(2)41-26-13-11-25-40(41)48-44(51)29-17-30-46(48)53(35-20-7-4-8-21-35)49-45(33-32-39-38-24-12-16-31-47(38)54-50(39)49)52(34-18-5-3-6-19-34)42-27-14-9-22-36(42)37-23-10-15-28-43(37)52/h3-33H,1-2H3. The molecule has 9 aromatic rings. The van der Waals surface area contributed by atoms with Gasteiger partial charge in [-0.1, -0.05) is 172 Å². The van der Waals surface area contributed by atoms with Gasteiger partial charge in [-0.25, -0.2) is 0 Å². The highest BCUT2D eigenvalue weighted by atomic mass is 16.3. The second-order valence-electron chi connectivity index (χ2n) is 15.2. The molecule has 0 atom stereocenters. The molecule has 0 amide bonds. The van der Waals surface area contributed by atoms with Crippen molar-refractivity contribution in [1.82, 2.24) is 0 Å². The highest BCUT2D eigenvalue weighted by Crippen LogP contribution is 2.61. The van der Waals surface area contributed by atoms with Crippen molar-refractivity contribution in [3.63, 3.8) is 0 Å². The number of hydrogen-bond acceptors (Lipinski definition) is 2. The average molecular weight is 692 g/mol. The highest BCUT2D eigenvalue weighted by Gasteiger charge is 2.49. The van der Waals surface area contributed by atoms with E-state index in [1.807, 2.05) is 0 Å². The van der Waals surface area contributed by atoms with Crippen LogP contribution < -0.4 is 4.90 Å². The third-order valence-electron chi connectivity index (χ3n) is 12.1. The zero-order valence-electron chi connectivity index (χ0n) is 30.3. The molecule has 11 rings (SSSR count). The molecule has 2 aliphatic rings. The molecule has 0 bridgehead atoms. The van der Waals surface area contributed by atoms with Gasteiger partial charge in [-0.3, -0.25) is 0 Å². The molecule has 0 unspecified atom stereocenters. The highest BCUT2D eigenvalue weighted by molar-refractivity contribution is 6.13. The van der Waals surface area contributed by atoms with E-state index >= 15 is 0 Å². The van der Waals surface area contributed by atoms with Gasteiger partial charge in [0.05, 0.1) is 16.8 Å². The number of fused-ring (bicyclic) bond motifs is 9. The van der Waals surface area contributed by atoms with Crippen molar-refractivity contribution < 1.29 is 4.42 Å². The number of furan rings is 1. The van der Waals surface area contributed by atoms with Crippen LogP contribution in [0.4, 0.5) is 17.1 Å². The maximum atomic E-state index is 7.15. The van der Waals surface area contributed by atoms with Crippen LogP contribution in [0.2, 0.25) is 0 Å². The molecule has 0 saturated heterocycles. The molecule has 0 saturated carbocycles. The zero-order chi connectivity index (χ0) is 36.0. The summed E-state index contributed by atoms with van der Waals surface area (Å²) in [6, 6.07) is 68.9. The van der Waals surface area contributed by atoms with Gasteiger partial charge in [0, 0.05) is 27.4 Å². The minimum absolute atomic E-state index is 0.160. The van der Waals surface area contributed by atoms with Crippen LogP contribution in [0.15, 0.2) is 192 Å². The van der Waals surface area contributed by atoms with Gasteiger partial charge in [-0.15, -0.1) is 0 Å². The van der Waals surface area contributed by atoms with E-state index in [0.717, 1.165) is 39.0 Å². The number of hydrogen-bond donors (Lipinski definition) is 0. The van der Waals surface area contributed by atoms with Crippen LogP contribution >= 0.6 is 0 Å². The Hall–Kier alpha value is -6.64. The molecule has 0 radical (unpaired) electrons. The molecule has 0 spiro atoms. The van der Waals surface area contributed by atoms with Gasteiger partial charge >= 0.3 is 0 Å². The Morgan fingerprint density at radius 1 is 0.426 bits per heavy atom. The lowest BCUT2D eigenvalue weighted by Crippen LogP contribution is -2.31. The van der Waals surface area contributed by atoms with Crippen LogP contribution in [-0.2, 0) is 10.8 Å².